The van der Waals surface area contributed by atoms with Crippen LogP contribution in [-0.2, 0) is 0 Å². The fraction of sp³-hybridized carbons (Fsp3) is 0.219. The number of halogens is 3. The Morgan fingerprint density at radius 3 is 2.51 bits per heavy atom. The first-order valence-electron chi connectivity index (χ1n) is 14.2. The van der Waals surface area contributed by atoms with Crippen molar-refractivity contribution in [3.8, 4) is 6.07 Å². The maximum atomic E-state index is 13.8. The van der Waals surface area contributed by atoms with Crippen LogP contribution in [0, 0.1) is 24.1 Å². The number of rotatable bonds is 7. The van der Waals surface area contributed by atoms with Crippen LogP contribution in [0.3, 0.4) is 0 Å². The van der Waals surface area contributed by atoms with E-state index in [2.05, 4.69) is 32.0 Å². The van der Waals surface area contributed by atoms with Gasteiger partial charge in [0.25, 0.3) is 0 Å². The fourth-order valence-electron chi connectivity index (χ4n) is 5.46. The Kier molecular flexibility index (Phi) is 8.43. The van der Waals surface area contributed by atoms with Gasteiger partial charge in [-0.05, 0) is 55.7 Å². The van der Waals surface area contributed by atoms with Crippen molar-refractivity contribution in [2.75, 3.05) is 23.7 Å². The highest BCUT2D eigenvalue weighted by molar-refractivity contribution is 6.36. The average molecular weight is 646 g/mol. The molecule has 0 radical (unpaired) electrons. The summed E-state index contributed by atoms with van der Waals surface area (Å²) >= 11 is 12.8. The number of nitrogens with one attached hydrogen (secondary N) is 2. The van der Waals surface area contributed by atoms with E-state index in [0.717, 1.165) is 11.1 Å². The molecule has 3 heterocycles. The van der Waals surface area contributed by atoms with Crippen LogP contribution in [0.25, 0.3) is 10.9 Å². The van der Waals surface area contributed by atoms with Gasteiger partial charge in [-0.2, -0.15) is 5.26 Å². The zero-order chi connectivity index (χ0) is 31.7. The van der Waals surface area contributed by atoms with Gasteiger partial charge >= 0.3 is 6.09 Å². The molecule has 1 saturated heterocycles. The number of nitrogens with zero attached hydrogens (tertiary/aromatic N) is 6. The van der Waals surface area contributed by atoms with Crippen LogP contribution in [0.4, 0.5) is 26.2 Å². The minimum Gasteiger partial charge on any atom is -0.465 e. The molecule has 3 N–H and O–H groups in total. The lowest BCUT2D eigenvalue weighted by atomic mass is 10.0. The lowest BCUT2D eigenvalue weighted by molar-refractivity contribution is 0.123. The molecule has 0 aliphatic carbocycles. The third-order valence-electron chi connectivity index (χ3n) is 7.89. The maximum absolute atomic E-state index is 13.8. The Labute approximate surface area is 268 Å². The minimum absolute atomic E-state index is 0.0275. The smallest absolute Gasteiger partial charge is 0.407 e. The quantitative estimate of drug-likeness (QED) is 0.164. The molecule has 1 amide bonds. The van der Waals surface area contributed by atoms with E-state index in [9.17, 15) is 19.6 Å². The minimum atomic E-state index is -0.915. The number of piperidine rings is 1. The number of carbonyl (C=O) groups is 1. The van der Waals surface area contributed by atoms with Gasteiger partial charge in [0, 0.05) is 36.0 Å². The fourth-order valence-corrected chi connectivity index (χ4v) is 5.91. The van der Waals surface area contributed by atoms with Gasteiger partial charge in [-0.3, -0.25) is 4.98 Å². The summed E-state index contributed by atoms with van der Waals surface area (Å²) in [6.07, 6.45) is 3.69. The van der Waals surface area contributed by atoms with Gasteiger partial charge in [0.2, 0.25) is 0 Å². The van der Waals surface area contributed by atoms with Gasteiger partial charge in [0.1, 0.15) is 17.6 Å². The summed E-state index contributed by atoms with van der Waals surface area (Å²) in [5.74, 6) is -0.554. The van der Waals surface area contributed by atoms with Crippen molar-refractivity contribution in [2.24, 2.45) is 0 Å². The van der Waals surface area contributed by atoms with Crippen molar-refractivity contribution >= 4 is 57.3 Å². The van der Waals surface area contributed by atoms with Crippen molar-refractivity contribution < 1.29 is 14.3 Å². The molecular weight excluding hydrogens is 618 g/mol. The first-order valence-corrected chi connectivity index (χ1v) is 14.9. The van der Waals surface area contributed by atoms with Gasteiger partial charge < -0.3 is 20.6 Å². The first-order chi connectivity index (χ1) is 21.7. The second kappa shape index (κ2) is 12.6. The monoisotopic (exact) mass is 644 g/mol. The zero-order valence-corrected chi connectivity index (χ0v) is 25.5. The number of aromatic nitrogens is 4. The van der Waals surface area contributed by atoms with Crippen LogP contribution in [0.2, 0.25) is 10.0 Å². The number of benzene rings is 3. The summed E-state index contributed by atoms with van der Waals surface area (Å²) < 4.78 is 15.6. The number of amides is 1. The SMILES string of the molecule is Cc1ccc(C(Nc2cc(Cl)c3ncc(C#N)c(Nc4ccc(F)c(Cl)c4)c3c2)c2cn(C3CCN(C(=O)O)CC3)nn2)cc1. The van der Waals surface area contributed by atoms with Crippen LogP contribution in [0.5, 0.6) is 0 Å². The summed E-state index contributed by atoms with van der Waals surface area (Å²) in [7, 11) is 0. The van der Waals surface area contributed by atoms with E-state index in [1.165, 1.54) is 29.3 Å². The second-order valence-electron chi connectivity index (χ2n) is 10.9. The van der Waals surface area contributed by atoms with Crippen molar-refractivity contribution in [1.29, 1.82) is 5.26 Å². The predicted octanol–water partition coefficient (Wildman–Crippen LogP) is 7.71. The predicted molar refractivity (Wildman–Crippen MR) is 171 cm³/mol. The van der Waals surface area contributed by atoms with E-state index >= 15 is 0 Å². The molecule has 1 atom stereocenters. The topological polar surface area (TPSA) is 132 Å². The van der Waals surface area contributed by atoms with Gasteiger partial charge in [-0.15, -0.1) is 5.10 Å². The maximum Gasteiger partial charge on any atom is 0.407 e. The van der Waals surface area contributed by atoms with E-state index in [4.69, 9.17) is 23.2 Å². The summed E-state index contributed by atoms with van der Waals surface area (Å²) in [5, 5.41) is 35.8. The normalized spacial score (nSPS) is 14.2. The first kappa shape index (κ1) is 30.1. The molecule has 3 aromatic carbocycles. The molecular formula is C32H27Cl2FN8O2. The van der Waals surface area contributed by atoms with E-state index in [-0.39, 0.29) is 16.6 Å². The molecule has 1 fully saturated rings. The number of fused-ring (bicyclic) bond motifs is 1. The standard InChI is InChI=1S/C32H27Cl2FN8O2/c1-18-2-4-19(5-3-18)30(28-17-43(41-40-28)23-8-10-42(11-9-23)32(44)45)39-22-12-24-29(38-21-6-7-27(35)25(33)13-21)20(15-36)16-37-31(24)26(34)14-22/h2-7,12-14,16-17,23,30,39H,8-11H2,1H3,(H,37,38)(H,44,45). The van der Waals surface area contributed by atoms with Crippen LogP contribution >= 0.6 is 23.2 Å². The van der Waals surface area contributed by atoms with E-state index < -0.39 is 18.0 Å². The Morgan fingerprint density at radius 1 is 1.09 bits per heavy atom. The number of hydrogen-bond acceptors (Lipinski definition) is 7. The summed E-state index contributed by atoms with van der Waals surface area (Å²) in [4.78, 5) is 17.2. The summed E-state index contributed by atoms with van der Waals surface area (Å²) in [6.45, 7) is 2.88. The van der Waals surface area contributed by atoms with Gasteiger partial charge in [0.15, 0.2) is 0 Å². The van der Waals surface area contributed by atoms with Crippen molar-refractivity contribution in [2.45, 2.75) is 31.8 Å². The van der Waals surface area contributed by atoms with Crippen molar-refractivity contribution in [3.05, 3.63) is 105 Å². The number of hydrogen-bond donors (Lipinski definition) is 3. The molecule has 1 unspecified atom stereocenters. The Bertz CT molecular complexity index is 1930. The van der Waals surface area contributed by atoms with Crippen LogP contribution in [-0.4, -0.2) is 49.2 Å². The van der Waals surface area contributed by atoms with Crippen molar-refractivity contribution in [1.82, 2.24) is 24.9 Å². The third-order valence-corrected chi connectivity index (χ3v) is 8.47. The van der Waals surface area contributed by atoms with Crippen LogP contribution < -0.4 is 10.6 Å². The third kappa shape index (κ3) is 6.34. The van der Waals surface area contributed by atoms with E-state index in [0.29, 0.717) is 64.6 Å². The molecule has 5 aromatic rings. The largest absolute Gasteiger partial charge is 0.465 e. The summed E-state index contributed by atoms with van der Waals surface area (Å²) in [6, 6.07) is 17.6. The van der Waals surface area contributed by atoms with Crippen molar-refractivity contribution in [3.63, 3.8) is 0 Å². The van der Waals surface area contributed by atoms with Gasteiger partial charge in [-0.25, -0.2) is 13.9 Å². The molecule has 45 heavy (non-hydrogen) atoms. The molecule has 6 rings (SSSR count). The Morgan fingerprint density at radius 2 is 1.82 bits per heavy atom. The highest BCUT2D eigenvalue weighted by Gasteiger charge is 2.26. The molecule has 2 aromatic heterocycles. The zero-order valence-electron chi connectivity index (χ0n) is 24.0. The number of likely N-dealkylation sites (tertiary alicyclic amines) is 1. The number of anilines is 3. The Balaban J connectivity index is 1.37. The molecule has 0 bridgehead atoms. The summed E-state index contributed by atoms with van der Waals surface area (Å²) in [5.41, 5.74) is 5.02. The van der Waals surface area contributed by atoms with Crippen LogP contribution in [0.15, 0.2) is 67.0 Å². The molecule has 10 nitrogen and oxygen atoms in total. The number of aryl methyl sites for hydroxylation is 1. The van der Waals surface area contributed by atoms with Gasteiger partial charge in [0.05, 0.1) is 45.1 Å². The molecule has 0 saturated carbocycles. The second-order valence-corrected chi connectivity index (χ2v) is 11.7. The lowest BCUT2D eigenvalue weighted by Crippen LogP contribution is -2.38. The Hall–Kier alpha value is -4.92. The molecule has 1 aliphatic rings. The highest BCUT2D eigenvalue weighted by Crippen LogP contribution is 2.37. The highest BCUT2D eigenvalue weighted by atomic mass is 35.5. The lowest BCUT2D eigenvalue weighted by Gasteiger charge is -2.29. The number of pyridine rings is 1. The molecule has 13 heteroatoms. The molecule has 228 valence electrons. The van der Waals surface area contributed by atoms with E-state index in [1.807, 2.05) is 48.1 Å². The number of carboxylic acid groups (broad SMARTS) is 1. The molecule has 0 spiro atoms. The van der Waals surface area contributed by atoms with E-state index in [1.54, 1.807) is 6.07 Å². The average Bonchev–Trinajstić information content (AvgIpc) is 3.53. The van der Waals surface area contributed by atoms with Gasteiger partial charge in [-0.1, -0.05) is 58.2 Å². The number of nitriles is 1. The molecule has 1 aliphatic heterocycles. The van der Waals surface area contributed by atoms with Crippen LogP contribution in [0.1, 0.15) is 47.3 Å².